The molecule has 0 aliphatic carbocycles. The summed E-state index contributed by atoms with van der Waals surface area (Å²) in [6.07, 6.45) is 0.749. The smallest absolute Gasteiger partial charge is 0.287 e. The number of halogens is 1. The van der Waals surface area contributed by atoms with Crippen LogP contribution in [0.4, 0.5) is 0 Å². The molecule has 0 saturated heterocycles. The highest BCUT2D eigenvalue weighted by atomic mass is 35.5. The van der Waals surface area contributed by atoms with Gasteiger partial charge in [0, 0.05) is 16.5 Å². The van der Waals surface area contributed by atoms with E-state index in [1.807, 2.05) is 30.3 Å². The lowest BCUT2D eigenvalue weighted by atomic mass is 10.1. The first kappa shape index (κ1) is 18.4. The third-order valence-electron chi connectivity index (χ3n) is 3.76. The lowest BCUT2D eigenvalue weighted by Crippen LogP contribution is -2.25. The van der Waals surface area contributed by atoms with Gasteiger partial charge in [0.2, 0.25) is 0 Å². The van der Waals surface area contributed by atoms with Gasteiger partial charge in [-0.3, -0.25) is 9.00 Å². The van der Waals surface area contributed by atoms with Gasteiger partial charge in [-0.15, -0.1) is 0 Å². The van der Waals surface area contributed by atoms with E-state index in [2.05, 4.69) is 5.32 Å². The van der Waals surface area contributed by atoms with E-state index in [-0.39, 0.29) is 17.4 Å². The molecule has 3 rings (SSSR count). The molecule has 3 aromatic rings. The molecule has 0 fully saturated rings. The first-order valence-corrected chi connectivity index (χ1v) is 9.86. The van der Waals surface area contributed by atoms with Crippen LogP contribution in [0.2, 0.25) is 5.02 Å². The van der Waals surface area contributed by atoms with E-state index in [9.17, 15) is 9.00 Å². The Balaban J connectivity index is 1.53. The van der Waals surface area contributed by atoms with E-state index < -0.39 is 10.8 Å². The fraction of sp³-hybridized carbons (Fsp3) is 0.150. The second kappa shape index (κ2) is 8.83. The molecule has 1 N–H and O–H groups in total. The van der Waals surface area contributed by atoms with Crippen molar-refractivity contribution in [3.8, 4) is 0 Å². The molecule has 1 aromatic heterocycles. The average molecular weight is 388 g/mol. The van der Waals surface area contributed by atoms with Crippen molar-refractivity contribution < 1.29 is 13.4 Å². The second-order valence-corrected chi connectivity index (χ2v) is 7.59. The number of benzene rings is 2. The fourth-order valence-corrected chi connectivity index (χ4v) is 3.77. The first-order chi connectivity index (χ1) is 12.6. The van der Waals surface area contributed by atoms with Crippen LogP contribution in [0.1, 0.15) is 21.9 Å². The molecule has 0 spiro atoms. The maximum atomic E-state index is 12.4. The van der Waals surface area contributed by atoms with Crippen molar-refractivity contribution in [1.29, 1.82) is 0 Å². The topological polar surface area (TPSA) is 59.3 Å². The average Bonchev–Trinajstić information content (AvgIpc) is 3.11. The summed E-state index contributed by atoms with van der Waals surface area (Å²) < 4.78 is 17.9. The van der Waals surface area contributed by atoms with Crippen LogP contribution in [-0.2, 0) is 23.0 Å². The van der Waals surface area contributed by atoms with Gasteiger partial charge in [0.25, 0.3) is 5.91 Å². The van der Waals surface area contributed by atoms with Crippen LogP contribution in [0.3, 0.4) is 0 Å². The van der Waals surface area contributed by atoms with Crippen LogP contribution in [0, 0.1) is 0 Å². The number of nitrogens with one attached hydrogen (secondary N) is 1. The van der Waals surface area contributed by atoms with Gasteiger partial charge in [0.15, 0.2) is 5.76 Å². The zero-order valence-electron chi connectivity index (χ0n) is 14.0. The molecule has 2 aromatic carbocycles. The largest absolute Gasteiger partial charge is 0.455 e. The third-order valence-corrected chi connectivity index (χ3v) is 5.32. The molecule has 1 heterocycles. The number of hydrogen-bond donors (Lipinski definition) is 1. The van der Waals surface area contributed by atoms with Gasteiger partial charge in [-0.2, -0.15) is 0 Å². The Morgan fingerprint density at radius 1 is 1.04 bits per heavy atom. The predicted octanol–water partition coefficient (Wildman–Crippen LogP) is 4.21. The minimum Gasteiger partial charge on any atom is -0.455 e. The van der Waals surface area contributed by atoms with Crippen LogP contribution >= 0.6 is 11.6 Å². The summed E-state index contributed by atoms with van der Waals surface area (Å²) in [6, 6.07) is 20.1. The molecule has 0 aliphatic heterocycles. The van der Waals surface area contributed by atoms with Gasteiger partial charge >= 0.3 is 0 Å². The quantitative estimate of drug-likeness (QED) is 0.660. The Bertz CT molecular complexity index is 908. The molecule has 1 atom stereocenters. The fourth-order valence-electron chi connectivity index (χ4n) is 2.45. The highest BCUT2D eigenvalue weighted by molar-refractivity contribution is 7.84. The lowest BCUT2D eigenvalue weighted by Gasteiger charge is -2.04. The number of carbonyl (C=O) groups excluding carboxylic acids is 1. The minimum absolute atomic E-state index is 0.192. The van der Waals surface area contributed by atoms with Crippen molar-refractivity contribution in [2.75, 3.05) is 6.54 Å². The van der Waals surface area contributed by atoms with Crippen LogP contribution < -0.4 is 5.32 Å². The molecular weight excluding hydrogens is 370 g/mol. The van der Waals surface area contributed by atoms with Crippen molar-refractivity contribution in [3.63, 3.8) is 0 Å². The maximum Gasteiger partial charge on any atom is 0.287 e. The van der Waals surface area contributed by atoms with Crippen LogP contribution in [0.5, 0.6) is 0 Å². The summed E-state index contributed by atoms with van der Waals surface area (Å²) in [6.45, 7) is 0.521. The number of furan rings is 1. The number of hydrogen-bond acceptors (Lipinski definition) is 3. The van der Waals surface area contributed by atoms with Gasteiger partial charge in [0.05, 0.1) is 16.6 Å². The highest BCUT2D eigenvalue weighted by Gasteiger charge is 2.13. The van der Waals surface area contributed by atoms with Crippen LogP contribution in [-0.4, -0.2) is 16.7 Å². The maximum absolute atomic E-state index is 12.4. The Kier molecular flexibility index (Phi) is 6.26. The molecule has 0 radical (unpaired) electrons. The lowest BCUT2D eigenvalue weighted by molar-refractivity contribution is 0.0925. The van der Waals surface area contributed by atoms with E-state index in [0.717, 1.165) is 12.0 Å². The van der Waals surface area contributed by atoms with E-state index in [4.69, 9.17) is 16.0 Å². The normalized spacial score (nSPS) is 11.9. The molecule has 134 valence electrons. The van der Waals surface area contributed by atoms with Crippen LogP contribution in [0.25, 0.3) is 0 Å². The molecular formula is C20H18ClNO3S. The SMILES string of the molecule is O=C(NCCc1ccccc1)c1ccc(C[S@](=O)c2cccc(Cl)c2)o1. The monoisotopic (exact) mass is 387 g/mol. The summed E-state index contributed by atoms with van der Waals surface area (Å²) in [4.78, 5) is 12.8. The zero-order valence-corrected chi connectivity index (χ0v) is 15.6. The summed E-state index contributed by atoms with van der Waals surface area (Å²) in [5, 5.41) is 3.36. The zero-order chi connectivity index (χ0) is 18.4. The summed E-state index contributed by atoms with van der Waals surface area (Å²) in [7, 11) is -1.28. The van der Waals surface area contributed by atoms with Gasteiger partial charge in [0.1, 0.15) is 5.76 Å². The standard InChI is InChI=1S/C20H18ClNO3S/c21-16-7-4-8-18(13-16)26(24)14-17-9-10-19(25-17)20(23)22-12-11-15-5-2-1-3-6-15/h1-10,13H,11-12,14H2,(H,22,23)/t26-/m0/s1. The molecule has 26 heavy (non-hydrogen) atoms. The van der Waals surface area contributed by atoms with E-state index in [0.29, 0.717) is 22.2 Å². The van der Waals surface area contributed by atoms with Crippen LogP contribution in [0.15, 0.2) is 76.0 Å². The molecule has 6 heteroatoms. The molecule has 0 saturated carbocycles. The van der Waals surface area contributed by atoms with Gasteiger partial charge < -0.3 is 9.73 Å². The second-order valence-electron chi connectivity index (χ2n) is 5.70. The van der Waals surface area contributed by atoms with Crippen molar-refractivity contribution in [2.45, 2.75) is 17.1 Å². The molecule has 1 amide bonds. The van der Waals surface area contributed by atoms with E-state index in [1.54, 1.807) is 36.4 Å². The van der Waals surface area contributed by atoms with Crippen molar-refractivity contribution >= 4 is 28.3 Å². The number of rotatable bonds is 7. The predicted molar refractivity (Wildman–Crippen MR) is 103 cm³/mol. The Morgan fingerprint density at radius 2 is 1.85 bits per heavy atom. The molecule has 0 unspecified atom stereocenters. The number of amides is 1. The van der Waals surface area contributed by atoms with E-state index in [1.165, 1.54) is 0 Å². The van der Waals surface area contributed by atoms with Gasteiger partial charge in [-0.05, 0) is 42.3 Å². The third kappa shape index (κ3) is 5.07. The Labute approximate surface area is 159 Å². The number of carbonyl (C=O) groups is 1. The van der Waals surface area contributed by atoms with E-state index >= 15 is 0 Å². The van der Waals surface area contributed by atoms with Crippen molar-refractivity contribution in [2.24, 2.45) is 0 Å². The molecule has 0 aliphatic rings. The highest BCUT2D eigenvalue weighted by Crippen LogP contribution is 2.18. The Hall–Kier alpha value is -2.37. The molecule has 4 nitrogen and oxygen atoms in total. The Morgan fingerprint density at radius 3 is 2.62 bits per heavy atom. The molecule has 0 bridgehead atoms. The first-order valence-electron chi connectivity index (χ1n) is 8.16. The minimum atomic E-state index is -1.28. The van der Waals surface area contributed by atoms with Crippen molar-refractivity contribution in [3.05, 3.63) is 88.8 Å². The van der Waals surface area contributed by atoms with Gasteiger partial charge in [-0.1, -0.05) is 48.0 Å². The summed E-state index contributed by atoms with van der Waals surface area (Å²) in [5.41, 5.74) is 1.16. The van der Waals surface area contributed by atoms with Gasteiger partial charge in [-0.25, -0.2) is 0 Å². The summed E-state index contributed by atoms with van der Waals surface area (Å²) >= 11 is 5.92. The summed E-state index contributed by atoms with van der Waals surface area (Å²) in [5.74, 6) is 0.630. The van der Waals surface area contributed by atoms with Crippen molar-refractivity contribution in [1.82, 2.24) is 5.32 Å².